The van der Waals surface area contributed by atoms with Crippen molar-refractivity contribution >= 4 is 23.4 Å². The van der Waals surface area contributed by atoms with Crippen LogP contribution >= 0.6 is 0 Å². The molecule has 6 nitrogen and oxygen atoms in total. The van der Waals surface area contributed by atoms with Gasteiger partial charge in [0, 0.05) is 24.8 Å². The summed E-state index contributed by atoms with van der Waals surface area (Å²) in [5.74, 6) is -0.122. The van der Waals surface area contributed by atoms with Gasteiger partial charge >= 0.3 is 6.09 Å². The molecule has 3 rings (SSSR count). The molecule has 0 aliphatic carbocycles. The molecular weight excluding hydrogens is 258 g/mol. The van der Waals surface area contributed by atoms with E-state index in [1.165, 1.54) is 12.5 Å². The van der Waals surface area contributed by atoms with Crippen molar-refractivity contribution in [1.82, 2.24) is 5.32 Å². The molecule has 0 saturated carbocycles. The van der Waals surface area contributed by atoms with E-state index in [2.05, 4.69) is 10.6 Å². The summed E-state index contributed by atoms with van der Waals surface area (Å²) in [6.45, 7) is 3.20. The summed E-state index contributed by atoms with van der Waals surface area (Å²) in [5.41, 5.74) is 3.21. The van der Waals surface area contributed by atoms with Crippen molar-refractivity contribution in [1.29, 1.82) is 0 Å². The van der Waals surface area contributed by atoms with Crippen molar-refractivity contribution in [3.05, 3.63) is 23.8 Å². The van der Waals surface area contributed by atoms with Gasteiger partial charge in [-0.1, -0.05) is 0 Å². The second-order valence-electron chi connectivity index (χ2n) is 5.07. The molecule has 1 aromatic carbocycles. The summed E-state index contributed by atoms with van der Waals surface area (Å²) in [5, 5.41) is 5.96. The molecule has 0 radical (unpaired) electrons. The summed E-state index contributed by atoms with van der Waals surface area (Å²) in [4.78, 5) is 24.4. The lowest BCUT2D eigenvalue weighted by atomic mass is 10.1. The quantitative estimate of drug-likeness (QED) is 0.867. The van der Waals surface area contributed by atoms with E-state index in [9.17, 15) is 9.59 Å². The maximum absolute atomic E-state index is 11.9. The van der Waals surface area contributed by atoms with Gasteiger partial charge in [0.15, 0.2) is 0 Å². The van der Waals surface area contributed by atoms with E-state index in [-0.39, 0.29) is 18.1 Å². The van der Waals surface area contributed by atoms with Crippen LogP contribution in [-0.2, 0) is 16.0 Å². The highest BCUT2D eigenvalue weighted by Crippen LogP contribution is 2.29. The third-order valence-electron chi connectivity index (χ3n) is 3.56. The predicted octanol–water partition coefficient (Wildman–Crippen LogP) is 1.12. The van der Waals surface area contributed by atoms with Gasteiger partial charge in [-0.2, -0.15) is 0 Å². The maximum atomic E-state index is 11.9. The van der Waals surface area contributed by atoms with Gasteiger partial charge in [0.2, 0.25) is 5.91 Å². The Bertz CT molecular complexity index is 559. The van der Waals surface area contributed by atoms with E-state index in [0.29, 0.717) is 13.1 Å². The molecule has 2 aliphatic heterocycles. The fourth-order valence-electron chi connectivity index (χ4n) is 2.56. The average Bonchev–Trinajstić information content (AvgIpc) is 3.01. The fraction of sp³-hybridized carbons (Fsp3) is 0.429. The highest BCUT2D eigenvalue weighted by Gasteiger charge is 2.32. The first kappa shape index (κ1) is 12.8. The molecule has 0 spiro atoms. The van der Waals surface area contributed by atoms with Crippen LogP contribution in [0, 0.1) is 0 Å². The molecule has 1 fully saturated rings. The zero-order chi connectivity index (χ0) is 14.1. The number of fused-ring (bicyclic) bond motifs is 1. The van der Waals surface area contributed by atoms with Gasteiger partial charge in [0.05, 0.1) is 13.1 Å². The highest BCUT2D eigenvalue weighted by atomic mass is 16.6. The Morgan fingerprint density at radius 2 is 2.40 bits per heavy atom. The number of cyclic esters (lactones) is 1. The van der Waals surface area contributed by atoms with E-state index < -0.39 is 0 Å². The smallest absolute Gasteiger partial charge is 0.414 e. The van der Waals surface area contributed by atoms with Crippen molar-refractivity contribution < 1.29 is 14.3 Å². The Kier molecular flexibility index (Phi) is 3.22. The number of amides is 2. The number of anilines is 2. The third kappa shape index (κ3) is 2.41. The van der Waals surface area contributed by atoms with Crippen LogP contribution in [0.15, 0.2) is 18.2 Å². The first-order chi connectivity index (χ1) is 9.63. The lowest BCUT2D eigenvalue weighted by molar-refractivity contribution is -0.119. The Morgan fingerprint density at radius 1 is 1.55 bits per heavy atom. The van der Waals surface area contributed by atoms with Gasteiger partial charge in [-0.3, -0.25) is 9.69 Å². The van der Waals surface area contributed by atoms with Crippen LogP contribution in [0.25, 0.3) is 0 Å². The number of benzene rings is 1. The summed E-state index contributed by atoms with van der Waals surface area (Å²) in [6, 6.07) is 5.93. The van der Waals surface area contributed by atoms with Crippen LogP contribution in [0.3, 0.4) is 0 Å². The Labute approximate surface area is 117 Å². The number of ether oxygens (including phenoxy) is 1. The summed E-state index contributed by atoms with van der Waals surface area (Å²) >= 11 is 0. The maximum Gasteiger partial charge on any atom is 0.414 e. The molecule has 0 bridgehead atoms. The van der Waals surface area contributed by atoms with Gasteiger partial charge in [-0.25, -0.2) is 4.79 Å². The summed E-state index contributed by atoms with van der Waals surface area (Å²) < 4.78 is 5.25. The fourth-order valence-corrected chi connectivity index (χ4v) is 2.56. The third-order valence-corrected chi connectivity index (χ3v) is 3.56. The summed E-state index contributed by atoms with van der Waals surface area (Å²) in [6.07, 6.45) is 0.325. The normalized spacial score (nSPS) is 20.4. The van der Waals surface area contributed by atoms with Crippen LogP contribution in [0.5, 0.6) is 0 Å². The monoisotopic (exact) mass is 275 g/mol. The molecule has 1 aromatic rings. The van der Waals surface area contributed by atoms with Crippen molar-refractivity contribution in [2.75, 3.05) is 29.9 Å². The van der Waals surface area contributed by atoms with Crippen LogP contribution in [0.1, 0.15) is 12.5 Å². The largest absolute Gasteiger partial charge is 0.442 e. The first-order valence-corrected chi connectivity index (χ1v) is 6.73. The van der Waals surface area contributed by atoms with Crippen LogP contribution in [0.2, 0.25) is 0 Å². The molecule has 1 unspecified atom stereocenters. The standard InChI is InChI=1S/C14H17N3O3/c1-9(18)16-7-12-8-17(14(19)20-12)11-2-3-13-10(6-11)4-5-15-13/h2-3,6,12,15H,4-5,7-8H2,1H3,(H,16,18). The molecule has 1 saturated heterocycles. The minimum Gasteiger partial charge on any atom is -0.442 e. The first-order valence-electron chi connectivity index (χ1n) is 6.73. The second-order valence-corrected chi connectivity index (χ2v) is 5.07. The molecule has 2 amide bonds. The Balaban J connectivity index is 1.71. The number of nitrogens with one attached hydrogen (secondary N) is 2. The molecule has 0 aromatic heterocycles. The van der Waals surface area contributed by atoms with E-state index in [1.54, 1.807) is 4.90 Å². The number of hydrogen-bond donors (Lipinski definition) is 2. The van der Waals surface area contributed by atoms with E-state index in [0.717, 1.165) is 24.3 Å². The molecule has 6 heteroatoms. The molecule has 20 heavy (non-hydrogen) atoms. The van der Waals surface area contributed by atoms with E-state index >= 15 is 0 Å². The SMILES string of the molecule is CC(=O)NCC1CN(c2ccc3c(c2)CCN3)C(=O)O1. The number of nitrogens with zero attached hydrogens (tertiary/aromatic N) is 1. The van der Waals surface area contributed by atoms with E-state index in [4.69, 9.17) is 4.74 Å². The second kappa shape index (κ2) is 5.03. The van der Waals surface area contributed by atoms with Crippen molar-refractivity contribution in [3.8, 4) is 0 Å². The predicted molar refractivity (Wildman–Crippen MR) is 74.9 cm³/mol. The zero-order valence-corrected chi connectivity index (χ0v) is 11.3. The number of hydrogen-bond acceptors (Lipinski definition) is 4. The van der Waals surface area contributed by atoms with Gasteiger partial charge < -0.3 is 15.4 Å². The molecule has 106 valence electrons. The Morgan fingerprint density at radius 3 is 3.20 bits per heavy atom. The number of carbonyl (C=O) groups is 2. The molecule has 1 atom stereocenters. The van der Waals surface area contributed by atoms with Crippen molar-refractivity contribution in [2.24, 2.45) is 0 Å². The molecule has 2 heterocycles. The van der Waals surface area contributed by atoms with Gasteiger partial charge in [0.25, 0.3) is 0 Å². The lowest BCUT2D eigenvalue weighted by Gasteiger charge is -2.14. The zero-order valence-electron chi connectivity index (χ0n) is 11.3. The van der Waals surface area contributed by atoms with Crippen LogP contribution in [-0.4, -0.2) is 37.7 Å². The number of carbonyl (C=O) groups excluding carboxylic acids is 2. The average molecular weight is 275 g/mol. The van der Waals surface area contributed by atoms with Gasteiger partial charge in [-0.15, -0.1) is 0 Å². The lowest BCUT2D eigenvalue weighted by Crippen LogP contribution is -2.33. The topological polar surface area (TPSA) is 70.7 Å². The van der Waals surface area contributed by atoms with Crippen molar-refractivity contribution in [3.63, 3.8) is 0 Å². The highest BCUT2D eigenvalue weighted by molar-refractivity contribution is 5.90. The van der Waals surface area contributed by atoms with Gasteiger partial charge in [0.1, 0.15) is 6.10 Å². The van der Waals surface area contributed by atoms with Gasteiger partial charge in [-0.05, 0) is 30.2 Å². The Hall–Kier alpha value is -2.24. The minimum absolute atomic E-state index is 0.122. The molecular formula is C14H17N3O3. The van der Waals surface area contributed by atoms with Crippen molar-refractivity contribution in [2.45, 2.75) is 19.4 Å². The summed E-state index contributed by atoms with van der Waals surface area (Å²) in [7, 11) is 0. The van der Waals surface area contributed by atoms with Crippen LogP contribution < -0.4 is 15.5 Å². The van der Waals surface area contributed by atoms with E-state index in [1.807, 2.05) is 18.2 Å². The number of rotatable bonds is 3. The van der Waals surface area contributed by atoms with Crippen LogP contribution in [0.4, 0.5) is 16.2 Å². The minimum atomic E-state index is -0.355. The molecule has 2 aliphatic rings. The molecule has 2 N–H and O–H groups in total.